The van der Waals surface area contributed by atoms with Crippen LogP contribution in [0.3, 0.4) is 0 Å². The van der Waals surface area contributed by atoms with Crippen LogP contribution in [0, 0.1) is 13.8 Å². The highest BCUT2D eigenvalue weighted by atomic mass is 35.5. The smallest absolute Gasteiger partial charge is 0.175 e. The van der Waals surface area contributed by atoms with Crippen LogP contribution in [-0.2, 0) is 0 Å². The zero-order valence-electron chi connectivity index (χ0n) is 9.91. The fraction of sp³-hybridized carbons (Fsp3) is 0.417. The van der Waals surface area contributed by atoms with E-state index in [2.05, 4.69) is 5.16 Å². The minimum Gasteiger partial charge on any atom is -0.490 e. The first kappa shape index (κ1) is 12.8. The average molecular weight is 242 g/mol. The fourth-order valence-corrected chi connectivity index (χ4v) is 1.66. The molecule has 0 saturated heterocycles. The van der Waals surface area contributed by atoms with Crippen molar-refractivity contribution in [1.82, 2.24) is 0 Å². The van der Waals surface area contributed by atoms with Gasteiger partial charge in [0, 0.05) is 5.56 Å². The molecule has 0 unspecified atom stereocenters. The summed E-state index contributed by atoms with van der Waals surface area (Å²) >= 11 is 5.75. The molecule has 1 N–H and O–H groups in total. The molecule has 0 bridgehead atoms. The standard InChI is InChI=1S/C12H16ClNO2/c1-7(2)16-11-8(3)5-10(6-9(11)4)12(13)14-15/h5-7,15H,1-4H3. The summed E-state index contributed by atoms with van der Waals surface area (Å²) < 4.78 is 5.70. The fourth-order valence-electron chi connectivity index (χ4n) is 1.55. The minimum absolute atomic E-state index is 0.0855. The third-order valence-electron chi connectivity index (χ3n) is 2.14. The van der Waals surface area contributed by atoms with Gasteiger partial charge >= 0.3 is 0 Å². The van der Waals surface area contributed by atoms with E-state index < -0.39 is 0 Å². The molecule has 0 amide bonds. The highest BCUT2D eigenvalue weighted by Crippen LogP contribution is 2.26. The molecule has 0 spiro atoms. The first-order valence-electron chi connectivity index (χ1n) is 5.11. The van der Waals surface area contributed by atoms with Crippen molar-refractivity contribution in [2.75, 3.05) is 0 Å². The molecule has 16 heavy (non-hydrogen) atoms. The molecule has 0 aromatic heterocycles. The van der Waals surface area contributed by atoms with Crippen molar-refractivity contribution in [3.8, 4) is 5.75 Å². The molecule has 0 saturated carbocycles. The Morgan fingerprint density at radius 2 is 1.81 bits per heavy atom. The van der Waals surface area contributed by atoms with Crippen LogP contribution in [0.15, 0.2) is 17.3 Å². The molecule has 0 aliphatic heterocycles. The van der Waals surface area contributed by atoms with Crippen molar-refractivity contribution in [3.63, 3.8) is 0 Å². The van der Waals surface area contributed by atoms with Gasteiger partial charge in [0.2, 0.25) is 0 Å². The first-order chi connectivity index (χ1) is 7.45. The molecule has 88 valence electrons. The van der Waals surface area contributed by atoms with Crippen LogP contribution >= 0.6 is 11.6 Å². The van der Waals surface area contributed by atoms with Gasteiger partial charge in [0.1, 0.15) is 5.75 Å². The topological polar surface area (TPSA) is 41.8 Å². The Bertz CT molecular complexity index is 390. The lowest BCUT2D eigenvalue weighted by Gasteiger charge is -2.16. The van der Waals surface area contributed by atoms with Gasteiger partial charge < -0.3 is 9.94 Å². The SMILES string of the molecule is Cc1cc(C(Cl)=NO)cc(C)c1OC(C)C. The van der Waals surface area contributed by atoms with Gasteiger partial charge in [-0.1, -0.05) is 16.8 Å². The van der Waals surface area contributed by atoms with Gasteiger partial charge in [-0.15, -0.1) is 0 Å². The van der Waals surface area contributed by atoms with Crippen molar-refractivity contribution >= 4 is 16.8 Å². The molecule has 1 rings (SSSR count). The Labute approximate surface area is 101 Å². The van der Waals surface area contributed by atoms with Crippen molar-refractivity contribution in [3.05, 3.63) is 28.8 Å². The normalized spacial score (nSPS) is 12.0. The summed E-state index contributed by atoms with van der Waals surface area (Å²) in [4.78, 5) is 0. The second kappa shape index (κ2) is 5.21. The van der Waals surface area contributed by atoms with Crippen LogP contribution in [0.4, 0.5) is 0 Å². The lowest BCUT2D eigenvalue weighted by molar-refractivity contribution is 0.239. The number of benzene rings is 1. The van der Waals surface area contributed by atoms with E-state index in [0.717, 1.165) is 16.9 Å². The molecule has 1 aromatic carbocycles. The summed E-state index contributed by atoms with van der Waals surface area (Å²) in [6.45, 7) is 7.84. The maximum atomic E-state index is 8.61. The number of ether oxygens (including phenoxy) is 1. The first-order valence-corrected chi connectivity index (χ1v) is 5.49. The van der Waals surface area contributed by atoms with Crippen molar-refractivity contribution in [1.29, 1.82) is 0 Å². The molecule has 0 atom stereocenters. The third-order valence-corrected chi connectivity index (χ3v) is 2.43. The maximum absolute atomic E-state index is 8.61. The van der Waals surface area contributed by atoms with Crippen LogP contribution in [0.25, 0.3) is 0 Å². The van der Waals surface area contributed by atoms with Crippen LogP contribution in [0.2, 0.25) is 0 Å². The number of halogens is 1. The summed E-state index contributed by atoms with van der Waals surface area (Å²) in [6.07, 6.45) is 0.130. The van der Waals surface area contributed by atoms with E-state index in [1.807, 2.05) is 39.8 Å². The Morgan fingerprint density at radius 3 is 2.19 bits per heavy atom. The minimum atomic E-state index is 0.0855. The van der Waals surface area contributed by atoms with E-state index in [4.69, 9.17) is 21.5 Å². The van der Waals surface area contributed by atoms with E-state index in [0.29, 0.717) is 5.56 Å². The predicted molar refractivity (Wildman–Crippen MR) is 65.9 cm³/mol. The maximum Gasteiger partial charge on any atom is 0.175 e. The molecule has 3 nitrogen and oxygen atoms in total. The Kier molecular flexibility index (Phi) is 4.19. The monoisotopic (exact) mass is 241 g/mol. The van der Waals surface area contributed by atoms with Gasteiger partial charge in [0.15, 0.2) is 5.17 Å². The van der Waals surface area contributed by atoms with Crippen molar-refractivity contribution in [2.45, 2.75) is 33.8 Å². The van der Waals surface area contributed by atoms with E-state index in [-0.39, 0.29) is 11.3 Å². The van der Waals surface area contributed by atoms with Gasteiger partial charge in [-0.2, -0.15) is 0 Å². The second-order valence-electron chi connectivity index (χ2n) is 4.00. The van der Waals surface area contributed by atoms with E-state index in [1.165, 1.54) is 0 Å². The molecule has 0 radical (unpaired) electrons. The lowest BCUT2D eigenvalue weighted by atomic mass is 10.1. The molecule has 0 fully saturated rings. The molecule has 0 aliphatic rings. The zero-order valence-corrected chi connectivity index (χ0v) is 10.7. The van der Waals surface area contributed by atoms with Gasteiger partial charge in [0.05, 0.1) is 6.10 Å². The third kappa shape index (κ3) is 2.89. The Balaban J connectivity index is 3.17. The van der Waals surface area contributed by atoms with Crippen LogP contribution in [0.1, 0.15) is 30.5 Å². The average Bonchev–Trinajstić information content (AvgIpc) is 2.21. The highest BCUT2D eigenvalue weighted by Gasteiger charge is 2.10. The number of hydrogen-bond donors (Lipinski definition) is 1. The quantitative estimate of drug-likeness (QED) is 0.500. The zero-order chi connectivity index (χ0) is 12.3. The summed E-state index contributed by atoms with van der Waals surface area (Å²) in [6, 6.07) is 3.68. The molecule has 4 heteroatoms. The molecular weight excluding hydrogens is 226 g/mol. The summed E-state index contributed by atoms with van der Waals surface area (Å²) in [5.41, 5.74) is 2.64. The van der Waals surface area contributed by atoms with Gasteiger partial charge in [-0.25, -0.2) is 0 Å². The number of rotatable bonds is 3. The van der Waals surface area contributed by atoms with E-state index >= 15 is 0 Å². The summed E-state index contributed by atoms with van der Waals surface area (Å²) in [7, 11) is 0. The van der Waals surface area contributed by atoms with Crippen LogP contribution in [-0.4, -0.2) is 16.5 Å². The highest BCUT2D eigenvalue weighted by molar-refractivity contribution is 6.69. The largest absolute Gasteiger partial charge is 0.490 e. The summed E-state index contributed by atoms with van der Waals surface area (Å²) in [5.74, 6) is 0.862. The lowest BCUT2D eigenvalue weighted by Crippen LogP contribution is -2.08. The van der Waals surface area contributed by atoms with Gasteiger partial charge in [-0.3, -0.25) is 0 Å². The Hall–Kier alpha value is -1.22. The molecule has 1 aromatic rings. The molecule has 0 aliphatic carbocycles. The predicted octanol–water partition coefficient (Wildman–Crippen LogP) is 3.47. The number of nitrogens with zero attached hydrogens (tertiary/aromatic N) is 1. The number of oxime groups is 1. The second-order valence-corrected chi connectivity index (χ2v) is 4.35. The van der Waals surface area contributed by atoms with Crippen LogP contribution < -0.4 is 4.74 Å². The van der Waals surface area contributed by atoms with E-state index in [9.17, 15) is 0 Å². The van der Waals surface area contributed by atoms with Gasteiger partial charge in [0.25, 0.3) is 0 Å². The van der Waals surface area contributed by atoms with Crippen molar-refractivity contribution in [2.24, 2.45) is 5.16 Å². The number of aryl methyl sites for hydroxylation is 2. The van der Waals surface area contributed by atoms with Crippen molar-refractivity contribution < 1.29 is 9.94 Å². The number of hydrogen-bond acceptors (Lipinski definition) is 3. The molecular formula is C12H16ClNO2. The van der Waals surface area contributed by atoms with E-state index in [1.54, 1.807) is 0 Å². The molecule has 0 heterocycles. The van der Waals surface area contributed by atoms with Crippen LogP contribution in [0.5, 0.6) is 5.75 Å². The Morgan fingerprint density at radius 1 is 1.31 bits per heavy atom. The summed E-state index contributed by atoms with van der Waals surface area (Å²) in [5, 5.41) is 11.7. The van der Waals surface area contributed by atoms with Gasteiger partial charge in [-0.05, 0) is 51.0 Å².